The molecule has 20 heavy (non-hydrogen) atoms. The van der Waals surface area contributed by atoms with E-state index in [-0.39, 0.29) is 16.7 Å². The highest BCUT2D eigenvalue weighted by atomic mass is 79.9. The first-order valence-corrected chi connectivity index (χ1v) is 9.18. The molecule has 0 aliphatic rings. The highest BCUT2D eigenvalue weighted by Gasteiger charge is 2.25. The van der Waals surface area contributed by atoms with E-state index in [4.69, 9.17) is 0 Å². The number of sulfonamides is 1. The van der Waals surface area contributed by atoms with Gasteiger partial charge in [0.1, 0.15) is 4.21 Å². The van der Waals surface area contributed by atoms with Crippen molar-refractivity contribution in [3.63, 3.8) is 0 Å². The second-order valence-electron chi connectivity index (χ2n) is 4.98. The van der Waals surface area contributed by atoms with Crippen LogP contribution >= 0.6 is 27.3 Å². The summed E-state index contributed by atoms with van der Waals surface area (Å²) in [6.45, 7) is 6.15. The fourth-order valence-electron chi connectivity index (χ4n) is 1.37. The predicted molar refractivity (Wildman–Crippen MR) is 84.4 cm³/mol. The van der Waals surface area contributed by atoms with E-state index in [0.717, 1.165) is 25.0 Å². The van der Waals surface area contributed by atoms with Gasteiger partial charge in [-0.25, -0.2) is 8.42 Å². The van der Waals surface area contributed by atoms with Crippen molar-refractivity contribution >= 4 is 43.2 Å². The van der Waals surface area contributed by atoms with Crippen molar-refractivity contribution in [2.75, 3.05) is 20.1 Å². The summed E-state index contributed by atoms with van der Waals surface area (Å²) in [4.78, 5) is 11.7. The number of carbonyl (C=O) groups excluding carboxylic acids is 1. The van der Waals surface area contributed by atoms with Gasteiger partial charge in [-0.1, -0.05) is 13.8 Å². The normalized spacial score (nSPS) is 12.2. The minimum Gasteiger partial charge on any atom is -0.355 e. The monoisotopic (exact) mass is 382 g/mol. The summed E-state index contributed by atoms with van der Waals surface area (Å²) < 4.78 is 26.7. The number of likely N-dealkylation sites (N-methyl/N-ethyl adjacent to an activating group) is 1. The Hall–Kier alpha value is -0.440. The van der Waals surface area contributed by atoms with Crippen molar-refractivity contribution in [2.24, 2.45) is 5.92 Å². The first kappa shape index (κ1) is 17.6. The molecule has 5 nitrogen and oxygen atoms in total. The molecule has 0 aromatic carbocycles. The van der Waals surface area contributed by atoms with Crippen molar-refractivity contribution in [1.82, 2.24) is 9.62 Å². The van der Waals surface area contributed by atoms with E-state index in [1.54, 1.807) is 6.07 Å². The molecule has 1 amide bonds. The molecule has 0 fully saturated rings. The lowest BCUT2D eigenvalue weighted by Gasteiger charge is -2.16. The van der Waals surface area contributed by atoms with Crippen molar-refractivity contribution in [3.05, 3.63) is 15.4 Å². The Balaban J connectivity index is 2.75. The third-order valence-corrected chi connectivity index (χ3v) is 6.96. The number of carbonyl (C=O) groups is 1. The maximum atomic E-state index is 12.3. The molecule has 8 heteroatoms. The zero-order valence-corrected chi connectivity index (χ0v) is 15.2. The second kappa shape index (κ2) is 7.02. The molecule has 0 radical (unpaired) electrons. The van der Waals surface area contributed by atoms with Crippen LogP contribution in [0.2, 0.25) is 0 Å². The smallest absolute Gasteiger partial charge is 0.252 e. The van der Waals surface area contributed by atoms with Crippen molar-refractivity contribution in [1.29, 1.82) is 0 Å². The van der Waals surface area contributed by atoms with Crippen molar-refractivity contribution in [2.45, 2.75) is 25.0 Å². The molecular weight excluding hydrogens is 364 g/mol. The molecule has 0 saturated carbocycles. The summed E-state index contributed by atoms with van der Waals surface area (Å²) in [5.41, 5.74) is 0.867. The molecule has 0 atom stereocenters. The third kappa shape index (κ3) is 4.54. The van der Waals surface area contributed by atoms with E-state index in [2.05, 4.69) is 21.2 Å². The predicted octanol–water partition coefficient (Wildman–Crippen LogP) is 2.21. The van der Waals surface area contributed by atoms with Gasteiger partial charge in [-0.3, -0.25) is 4.79 Å². The number of rotatable bonds is 6. The SMILES string of the molecule is Cc1cc(S(=O)(=O)N(C)CC(=O)NCC(C)C)sc1Br. The zero-order chi connectivity index (χ0) is 15.5. The van der Waals surface area contributed by atoms with Gasteiger partial charge < -0.3 is 5.32 Å². The van der Waals surface area contributed by atoms with Gasteiger partial charge in [-0.15, -0.1) is 11.3 Å². The molecule has 0 spiro atoms. The highest BCUT2D eigenvalue weighted by Crippen LogP contribution is 2.31. The molecule has 0 unspecified atom stereocenters. The number of thiophene rings is 1. The van der Waals surface area contributed by atoms with Gasteiger partial charge >= 0.3 is 0 Å². The van der Waals surface area contributed by atoms with Crippen molar-refractivity contribution in [3.8, 4) is 0 Å². The molecule has 1 heterocycles. The first-order valence-electron chi connectivity index (χ1n) is 6.13. The Kier molecular flexibility index (Phi) is 6.18. The summed E-state index contributed by atoms with van der Waals surface area (Å²) in [5, 5.41) is 2.70. The van der Waals surface area contributed by atoms with E-state index in [1.165, 1.54) is 7.05 Å². The van der Waals surface area contributed by atoms with E-state index in [9.17, 15) is 13.2 Å². The lowest BCUT2D eigenvalue weighted by Crippen LogP contribution is -2.39. The number of aryl methyl sites for hydroxylation is 1. The Morgan fingerprint density at radius 3 is 2.55 bits per heavy atom. The molecule has 1 aromatic heterocycles. The van der Waals surface area contributed by atoms with Crippen LogP contribution in [0.15, 0.2) is 14.1 Å². The zero-order valence-electron chi connectivity index (χ0n) is 11.9. The number of nitrogens with zero attached hydrogens (tertiary/aromatic N) is 1. The van der Waals surface area contributed by atoms with Crippen LogP contribution in [-0.2, 0) is 14.8 Å². The minimum absolute atomic E-state index is 0.177. The Labute approximate surface area is 132 Å². The van der Waals surface area contributed by atoms with Crippen LogP contribution < -0.4 is 5.32 Å². The van der Waals surface area contributed by atoms with Crippen LogP contribution in [0.3, 0.4) is 0 Å². The van der Waals surface area contributed by atoms with E-state index in [1.807, 2.05) is 20.8 Å². The van der Waals surface area contributed by atoms with Crippen molar-refractivity contribution < 1.29 is 13.2 Å². The lowest BCUT2D eigenvalue weighted by atomic mass is 10.2. The first-order chi connectivity index (χ1) is 9.14. The van der Waals surface area contributed by atoms with Gasteiger partial charge in [0.25, 0.3) is 10.0 Å². The summed E-state index contributed by atoms with van der Waals surface area (Å²) >= 11 is 4.46. The van der Waals surface area contributed by atoms with Gasteiger partial charge in [0.2, 0.25) is 5.91 Å². The molecule has 0 bridgehead atoms. The largest absolute Gasteiger partial charge is 0.355 e. The fraction of sp³-hybridized carbons (Fsp3) is 0.583. The van der Waals surface area contributed by atoms with Gasteiger partial charge in [-0.2, -0.15) is 4.31 Å². The maximum Gasteiger partial charge on any atom is 0.252 e. The molecule has 1 rings (SSSR count). The number of hydrogen-bond donors (Lipinski definition) is 1. The molecule has 114 valence electrons. The topological polar surface area (TPSA) is 66.5 Å². The molecule has 1 aromatic rings. The number of hydrogen-bond acceptors (Lipinski definition) is 4. The van der Waals surface area contributed by atoms with E-state index >= 15 is 0 Å². The maximum absolute atomic E-state index is 12.3. The van der Waals surface area contributed by atoms with E-state index < -0.39 is 10.0 Å². The number of nitrogens with one attached hydrogen (secondary N) is 1. The van der Waals surface area contributed by atoms with Gasteiger partial charge in [-0.05, 0) is 40.4 Å². The molecule has 0 aliphatic heterocycles. The number of halogens is 1. The Bertz CT molecular complexity index is 562. The van der Waals surface area contributed by atoms with Crippen LogP contribution in [-0.4, -0.2) is 38.8 Å². The van der Waals surface area contributed by atoms with Crippen LogP contribution in [0, 0.1) is 12.8 Å². The highest BCUT2D eigenvalue weighted by molar-refractivity contribution is 9.11. The average molecular weight is 383 g/mol. The van der Waals surface area contributed by atoms with E-state index in [0.29, 0.717) is 12.5 Å². The molecule has 1 N–H and O–H groups in total. The standard InChI is InChI=1S/C12H19BrN2O3S2/c1-8(2)6-14-10(16)7-15(4)20(17,18)11-5-9(3)12(13)19-11/h5,8H,6-7H2,1-4H3,(H,14,16). The average Bonchev–Trinajstić information content (AvgIpc) is 2.67. The van der Waals surface area contributed by atoms with Crippen LogP contribution in [0.1, 0.15) is 19.4 Å². The molecular formula is C12H19BrN2O3S2. The lowest BCUT2D eigenvalue weighted by molar-refractivity contribution is -0.121. The van der Waals surface area contributed by atoms with Gasteiger partial charge in [0.05, 0.1) is 10.3 Å². The summed E-state index contributed by atoms with van der Waals surface area (Å²) in [6, 6.07) is 1.60. The summed E-state index contributed by atoms with van der Waals surface area (Å²) in [5.74, 6) is 0.0360. The second-order valence-corrected chi connectivity index (χ2v) is 9.62. The molecule has 0 saturated heterocycles. The quantitative estimate of drug-likeness (QED) is 0.819. The fourth-order valence-corrected chi connectivity index (χ4v) is 4.94. The summed E-state index contributed by atoms with van der Waals surface area (Å²) in [7, 11) is -2.20. The minimum atomic E-state index is -3.61. The van der Waals surface area contributed by atoms with Crippen LogP contribution in [0.4, 0.5) is 0 Å². The number of amides is 1. The van der Waals surface area contributed by atoms with Gasteiger partial charge in [0.15, 0.2) is 0 Å². The van der Waals surface area contributed by atoms with Crippen LogP contribution in [0.5, 0.6) is 0 Å². The van der Waals surface area contributed by atoms with Crippen LogP contribution in [0.25, 0.3) is 0 Å². The Morgan fingerprint density at radius 2 is 2.10 bits per heavy atom. The molecule has 0 aliphatic carbocycles. The summed E-state index contributed by atoms with van der Waals surface area (Å²) in [6.07, 6.45) is 0. The van der Waals surface area contributed by atoms with Gasteiger partial charge in [0, 0.05) is 13.6 Å². The Morgan fingerprint density at radius 1 is 1.50 bits per heavy atom. The third-order valence-electron chi connectivity index (χ3n) is 2.57.